The maximum Gasteiger partial charge on any atom is 0.264 e. The Hall–Kier alpha value is -4.25. The van der Waals surface area contributed by atoms with Crippen molar-refractivity contribution in [1.29, 1.82) is 0 Å². The first-order valence-electron chi connectivity index (χ1n) is 14.1. The van der Waals surface area contributed by atoms with Gasteiger partial charge >= 0.3 is 0 Å². The summed E-state index contributed by atoms with van der Waals surface area (Å²) in [6.45, 7) is 5.17. The van der Waals surface area contributed by atoms with Crippen LogP contribution in [0.3, 0.4) is 0 Å². The van der Waals surface area contributed by atoms with Gasteiger partial charge in [-0.3, -0.25) is 13.9 Å². The number of hydrogen-bond donors (Lipinski definition) is 1. The van der Waals surface area contributed by atoms with E-state index in [0.717, 1.165) is 9.87 Å². The van der Waals surface area contributed by atoms with Crippen molar-refractivity contribution in [2.24, 2.45) is 0 Å². The summed E-state index contributed by atoms with van der Waals surface area (Å²) in [5.41, 5.74) is 0.930. The lowest BCUT2D eigenvalue weighted by Crippen LogP contribution is -2.53. The van der Waals surface area contributed by atoms with Gasteiger partial charge in [-0.1, -0.05) is 44.2 Å². The third-order valence-corrected chi connectivity index (χ3v) is 8.93. The van der Waals surface area contributed by atoms with Crippen molar-refractivity contribution < 1.29 is 32.2 Å². The number of benzene rings is 3. The van der Waals surface area contributed by atoms with Gasteiger partial charge < -0.3 is 24.4 Å². The Morgan fingerprint density at radius 1 is 0.837 bits per heavy atom. The molecular formula is C32H41N3O7S. The van der Waals surface area contributed by atoms with Crippen molar-refractivity contribution in [3.63, 3.8) is 0 Å². The zero-order chi connectivity index (χ0) is 31.6. The Balaban J connectivity index is 2.11. The SMILES string of the molecule is CC[C@H](C)NC(=O)[C@H](CC)N(Cc1cccc(OC)c1)C(=O)CN(c1ccc(OC)c(OC)c1)S(=O)(=O)c1ccccc1. The van der Waals surface area contributed by atoms with Gasteiger partial charge in [0.1, 0.15) is 18.3 Å². The van der Waals surface area contributed by atoms with Gasteiger partial charge in [0.05, 0.1) is 31.9 Å². The molecule has 11 heteroatoms. The van der Waals surface area contributed by atoms with Crippen LogP contribution < -0.4 is 23.8 Å². The second-order valence-electron chi connectivity index (χ2n) is 9.98. The fourth-order valence-corrected chi connectivity index (χ4v) is 5.98. The lowest BCUT2D eigenvalue weighted by atomic mass is 10.1. The zero-order valence-corrected chi connectivity index (χ0v) is 26.4. The van der Waals surface area contributed by atoms with Crippen molar-refractivity contribution in [2.45, 2.75) is 57.1 Å². The third kappa shape index (κ3) is 8.19. The monoisotopic (exact) mass is 611 g/mol. The van der Waals surface area contributed by atoms with E-state index in [1.165, 1.54) is 37.3 Å². The minimum absolute atomic E-state index is 0.0125. The van der Waals surface area contributed by atoms with Crippen molar-refractivity contribution in [3.8, 4) is 17.2 Å². The van der Waals surface area contributed by atoms with Gasteiger partial charge in [0.15, 0.2) is 11.5 Å². The lowest BCUT2D eigenvalue weighted by molar-refractivity contribution is -0.140. The Morgan fingerprint density at radius 3 is 2.14 bits per heavy atom. The molecule has 0 saturated heterocycles. The fraction of sp³-hybridized carbons (Fsp3) is 0.375. The fourth-order valence-electron chi connectivity index (χ4n) is 4.56. The van der Waals surface area contributed by atoms with Crippen LogP contribution in [0.25, 0.3) is 0 Å². The molecule has 2 atom stereocenters. The zero-order valence-electron chi connectivity index (χ0n) is 25.6. The summed E-state index contributed by atoms with van der Waals surface area (Å²) in [4.78, 5) is 29.1. The first-order valence-corrected chi connectivity index (χ1v) is 15.6. The number of ether oxygens (including phenoxy) is 3. The number of amides is 2. The number of carbonyl (C=O) groups excluding carboxylic acids is 2. The van der Waals surface area contributed by atoms with E-state index >= 15 is 0 Å². The van der Waals surface area contributed by atoms with E-state index < -0.39 is 28.5 Å². The summed E-state index contributed by atoms with van der Waals surface area (Å²) >= 11 is 0. The highest BCUT2D eigenvalue weighted by molar-refractivity contribution is 7.92. The number of carbonyl (C=O) groups is 2. The molecule has 1 N–H and O–H groups in total. The highest BCUT2D eigenvalue weighted by Gasteiger charge is 2.34. The van der Waals surface area contributed by atoms with Gasteiger partial charge in [-0.15, -0.1) is 0 Å². The van der Waals surface area contributed by atoms with Gasteiger partial charge in [0, 0.05) is 18.7 Å². The van der Waals surface area contributed by atoms with E-state index in [9.17, 15) is 18.0 Å². The largest absolute Gasteiger partial charge is 0.497 e. The van der Waals surface area contributed by atoms with Gasteiger partial charge in [0.25, 0.3) is 10.0 Å². The van der Waals surface area contributed by atoms with E-state index in [4.69, 9.17) is 14.2 Å². The molecule has 2 amide bonds. The van der Waals surface area contributed by atoms with Crippen LogP contribution >= 0.6 is 0 Å². The van der Waals surface area contributed by atoms with Crippen LogP contribution in [0.15, 0.2) is 77.7 Å². The quantitative estimate of drug-likeness (QED) is 0.267. The molecule has 0 heterocycles. The number of rotatable bonds is 15. The van der Waals surface area contributed by atoms with E-state index in [1.807, 2.05) is 26.8 Å². The molecule has 0 spiro atoms. The molecule has 3 aromatic rings. The van der Waals surface area contributed by atoms with E-state index in [1.54, 1.807) is 55.6 Å². The second-order valence-corrected chi connectivity index (χ2v) is 11.8. The van der Waals surface area contributed by atoms with Crippen molar-refractivity contribution >= 4 is 27.5 Å². The molecular weight excluding hydrogens is 570 g/mol. The van der Waals surface area contributed by atoms with Crippen molar-refractivity contribution in [3.05, 3.63) is 78.4 Å². The average Bonchev–Trinajstić information content (AvgIpc) is 3.03. The lowest BCUT2D eigenvalue weighted by Gasteiger charge is -2.34. The minimum Gasteiger partial charge on any atom is -0.497 e. The highest BCUT2D eigenvalue weighted by atomic mass is 32.2. The van der Waals surface area contributed by atoms with Crippen molar-refractivity contribution in [2.75, 3.05) is 32.2 Å². The predicted octanol–water partition coefficient (Wildman–Crippen LogP) is 4.63. The molecule has 0 bridgehead atoms. The molecule has 0 aliphatic carbocycles. The summed E-state index contributed by atoms with van der Waals surface area (Å²) in [7, 11) is 0.252. The highest BCUT2D eigenvalue weighted by Crippen LogP contribution is 2.34. The topological polar surface area (TPSA) is 114 Å². The van der Waals surface area contributed by atoms with Crippen LogP contribution in [0, 0.1) is 0 Å². The van der Waals surface area contributed by atoms with Crippen molar-refractivity contribution in [1.82, 2.24) is 10.2 Å². The Morgan fingerprint density at radius 2 is 1.53 bits per heavy atom. The molecule has 0 unspecified atom stereocenters. The van der Waals surface area contributed by atoms with Crippen LogP contribution in [0.5, 0.6) is 17.2 Å². The average molecular weight is 612 g/mol. The third-order valence-electron chi connectivity index (χ3n) is 7.14. The number of methoxy groups -OCH3 is 3. The number of nitrogens with zero attached hydrogens (tertiary/aromatic N) is 2. The number of anilines is 1. The maximum atomic E-state index is 14.3. The summed E-state index contributed by atoms with van der Waals surface area (Å²) < 4.78 is 45.2. The molecule has 0 fully saturated rings. The van der Waals surface area contributed by atoms with Gasteiger partial charge in [-0.25, -0.2) is 8.42 Å². The first kappa shape index (κ1) is 33.3. The van der Waals surface area contributed by atoms with E-state index in [2.05, 4.69) is 5.32 Å². The molecule has 0 aromatic heterocycles. The Bertz CT molecular complexity index is 1480. The normalized spacial score (nSPS) is 12.5. The number of sulfonamides is 1. The molecule has 0 saturated carbocycles. The van der Waals surface area contributed by atoms with E-state index in [0.29, 0.717) is 30.1 Å². The molecule has 3 rings (SSSR count). The predicted molar refractivity (Wildman–Crippen MR) is 166 cm³/mol. The molecule has 0 aliphatic rings. The molecule has 10 nitrogen and oxygen atoms in total. The van der Waals surface area contributed by atoms with Crippen LogP contribution in [0.2, 0.25) is 0 Å². The van der Waals surface area contributed by atoms with Crippen LogP contribution in [0.4, 0.5) is 5.69 Å². The van der Waals surface area contributed by atoms with Gasteiger partial charge in [-0.2, -0.15) is 0 Å². The van der Waals surface area contributed by atoms with Gasteiger partial charge in [0.2, 0.25) is 11.8 Å². The smallest absolute Gasteiger partial charge is 0.264 e. The molecule has 0 aliphatic heterocycles. The maximum absolute atomic E-state index is 14.3. The number of nitrogens with one attached hydrogen (secondary N) is 1. The molecule has 232 valence electrons. The van der Waals surface area contributed by atoms with E-state index in [-0.39, 0.29) is 29.1 Å². The second kappa shape index (κ2) is 15.3. The molecule has 0 radical (unpaired) electrons. The van der Waals surface area contributed by atoms with Crippen LogP contribution in [-0.2, 0) is 26.2 Å². The Kier molecular flexibility index (Phi) is 11.8. The minimum atomic E-state index is -4.22. The Labute approximate surface area is 254 Å². The molecule has 3 aromatic carbocycles. The van der Waals surface area contributed by atoms with Gasteiger partial charge in [-0.05, 0) is 61.7 Å². The number of hydrogen-bond acceptors (Lipinski definition) is 7. The van der Waals surface area contributed by atoms with Crippen LogP contribution in [0.1, 0.15) is 39.2 Å². The summed E-state index contributed by atoms with van der Waals surface area (Å²) in [5, 5.41) is 2.97. The van der Waals surface area contributed by atoms with Crippen LogP contribution in [-0.4, -0.2) is 65.1 Å². The standard InChI is InChI=1S/C32H41N3O7S/c1-7-23(3)33-32(37)28(8-2)34(21-24-13-12-14-26(19-24)40-4)31(36)22-35(43(38,39)27-15-10-9-11-16-27)25-17-18-29(41-5)30(20-25)42-6/h9-20,23,28H,7-8,21-22H2,1-6H3,(H,33,37)/t23-,28-/m0/s1. The molecule has 43 heavy (non-hydrogen) atoms. The summed E-state index contributed by atoms with van der Waals surface area (Å²) in [5.74, 6) is 0.441. The first-order chi connectivity index (χ1) is 20.6. The summed E-state index contributed by atoms with van der Waals surface area (Å²) in [6, 6.07) is 18.8. The summed E-state index contributed by atoms with van der Waals surface area (Å²) in [6.07, 6.45) is 1.04.